The smallest absolute Gasteiger partial charge is 0.408 e. The molecule has 0 fully saturated rings. The molecule has 3 aromatic rings. The molecule has 0 saturated carbocycles. The van der Waals surface area contributed by atoms with E-state index in [1.807, 2.05) is 26.1 Å². The second-order valence-corrected chi connectivity index (χ2v) is 5.98. The van der Waals surface area contributed by atoms with E-state index in [1.54, 1.807) is 15.9 Å². The van der Waals surface area contributed by atoms with E-state index in [-0.39, 0.29) is 11.8 Å². The number of nitrogens with one attached hydrogen (secondary N) is 1. The van der Waals surface area contributed by atoms with Gasteiger partial charge in [0.1, 0.15) is 0 Å². The van der Waals surface area contributed by atoms with Crippen molar-refractivity contribution in [1.29, 1.82) is 0 Å². The number of fused-ring (bicyclic) bond motifs is 1. The van der Waals surface area contributed by atoms with Crippen molar-refractivity contribution < 1.29 is 4.42 Å². The van der Waals surface area contributed by atoms with E-state index in [1.165, 1.54) is 10.4 Å². The summed E-state index contributed by atoms with van der Waals surface area (Å²) in [6.07, 6.45) is 0. The summed E-state index contributed by atoms with van der Waals surface area (Å²) in [6.45, 7) is 4.67. The molecule has 4 nitrogen and oxygen atoms in total. The van der Waals surface area contributed by atoms with Gasteiger partial charge >= 0.3 is 5.76 Å². The van der Waals surface area contributed by atoms with E-state index in [0.717, 1.165) is 11.1 Å². The van der Waals surface area contributed by atoms with Crippen LogP contribution in [0.15, 0.2) is 38.9 Å². The van der Waals surface area contributed by atoms with Crippen LogP contribution in [0.1, 0.15) is 29.0 Å². The van der Waals surface area contributed by atoms with E-state index in [9.17, 15) is 4.79 Å². The fraction of sp³-hybridized carbons (Fsp3) is 0.312. The van der Waals surface area contributed by atoms with Crippen LogP contribution in [0.4, 0.5) is 0 Å². The van der Waals surface area contributed by atoms with Crippen molar-refractivity contribution in [3.63, 3.8) is 0 Å². The largest absolute Gasteiger partial charge is 0.419 e. The second-order valence-electron chi connectivity index (χ2n) is 5.03. The van der Waals surface area contributed by atoms with Gasteiger partial charge in [0, 0.05) is 11.4 Å². The monoisotopic (exact) mass is 302 g/mol. The van der Waals surface area contributed by atoms with E-state index in [4.69, 9.17) is 4.42 Å². The van der Waals surface area contributed by atoms with Gasteiger partial charge in [0.2, 0.25) is 0 Å². The lowest BCUT2D eigenvalue weighted by Gasteiger charge is -2.16. The van der Waals surface area contributed by atoms with E-state index in [2.05, 4.69) is 29.8 Å². The zero-order chi connectivity index (χ0) is 15.0. The Morgan fingerprint density at radius 1 is 1.38 bits per heavy atom. The molecule has 5 heteroatoms. The van der Waals surface area contributed by atoms with Crippen LogP contribution in [0.3, 0.4) is 0 Å². The first-order chi connectivity index (χ1) is 10.2. The zero-order valence-electron chi connectivity index (χ0n) is 12.3. The SMILES string of the molecule is CCn1c(=O)oc2cc(C(NC)c3sccc3C)ccc21. The number of rotatable bonds is 4. The van der Waals surface area contributed by atoms with Gasteiger partial charge in [-0.05, 0) is 55.6 Å². The minimum atomic E-state index is -0.294. The summed E-state index contributed by atoms with van der Waals surface area (Å²) in [5, 5.41) is 5.44. The molecule has 2 aromatic heterocycles. The number of oxazole rings is 1. The number of benzene rings is 1. The Morgan fingerprint density at radius 3 is 2.81 bits per heavy atom. The molecule has 0 aliphatic heterocycles. The molecule has 0 bridgehead atoms. The third kappa shape index (κ3) is 2.32. The molecule has 0 amide bonds. The number of nitrogens with zero attached hydrogens (tertiary/aromatic N) is 1. The first-order valence-corrected chi connectivity index (χ1v) is 7.88. The summed E-state index contributed by atoms with van der Waals surface area (Å²) >= 11 is 1.74. The third-order valence-corrected chi connectivity index (χ3v) is 4.88. The van der Waals surface area contributed by atoms with Crippen molar-refractivity contribution in [2.45, 2.75) is 26.4 Å². The number of hydrogen-bond acceptors (Lipinski definition) is 4. The molecular weight excluding hydrogens is 284 g/mol. The lowest BCUT2D eigenvalue weighted by atomic mass is 10.0. The van der Waals surface area contributed by atoms with Crippen LogP contribution in [-0.4, -0.2) is 11.6 Å². The summed E-state index contributed by atoms with van der Waals surface area (Å²) in [6, 6.07) is 8.22. The predicted molar refractivity (Wildman–Crippen MR) is 86.1 cm³/mol. The normalized spacial score (nSPS) is 12.9. The molecule has 0 radical (unpaired) electrons. The second kappa shape index (κ2) is 5.50. The van der Waals surface area contributed by atoms with Crippen LogP contribution < -0.4 is 11.1 Å². The Bertz CT molecular complexity index is 828. The van der Waals surface area contributed by atoms with Crippen molar-refractivity contribution >= 4 is 22.4 Å². The molecule has 0 spiro atoms. The first kappa shape index (κ1) is 14.1. The van der Waals surface area contributed by atoms with Gasteiger partial charge in [-0.25, -0.2) is 4.79 Å². The average Bonchev–Trinajstić information content (AvgIpc) is 3.02. The van der Waals surface area contributed by atoms with Crippen molar-refractivity contribution in [1.82, 2.24) is 9.88 Å². The van der Waals surface area contributed by atoms with Crippen molar-refractivity contribution in [3.05, 3.63) is 56.2 Å². The Balaban J connectivity index is 2.12. The maximum atomic E-state index is 11.8. The number of hydrogen-bond donors (Lipinski definition) is 1. The summed E-state index contributed by atoms with van der Waals surface area (Å²) in [7, 11) is 1.95. The van der Waals surface area contributed by atoms with Crippen LogP contribution >= 0.6 is 11.3 Å². The minimum Gasteiger partial charge on any atom is -0.408 e. The number of aromatic nitrogens is 1. The fourth-order valence-electron chi connectivity index (χ4n) is 2.69. The zero-order valence-corrected chi connectivity index (χ0v) is 13.2. The maximum Gasteiger partial charge on any atom is 0.419 e. The lowest BCUT2D eigenvalue weighted by molar-refractivity contribution is 0.512. The average molecular weight is 302 g/mol. The predicted octanol–water partition coefficient (Wildman–Crippen LogP) is 3.29. The van der Waals surface area contributed by atoms with Gasteiger partial charge in [0.25, 0.3) is 0 Å². The molecule has 110 valence electrons. The fourth-order valence-corrected chi connectivity index (χ4v) is 3.75. The molecular formula is C16H18N2O2S. The molecule has 2 heterocycles. The summed E-state index contributed by atoms with van der Waals surface area (Å²) < 4.78 is 7.00. The molecule has 0 saturated heterocycles. The Hall–Kier alpha value is -1.85. The van der Waals surface area contributed by atoms with Crippen molar-refractivity contribution in [3.8, 4) is 0 Å². The minimum absolute atomic E-state index is 0.115. The molecule has 0 aliphatic carbocycles. The van der Waals surface area contributed by atoms with Crippen LogP contribution in [0.5, 0.6) is 0 Å². The van der Waals surface area contributed by atoms with E-state index >= 15 is 0 Å². The third-order valence-electron chi connectivity index (χ3n) is 3.79. The van der Waals surface area contributed by atoms with Crippen LogP contribution in [0.2, 0.25) is 0 Å². The molecule has 0 aliphatic rings. The highest BCUT2D eigenvalue weighted by atomic mass is 32.1. The standard InChI is InChI=1S/C16H18N2O2S/c1-4-18-12-6-5-11(9-13(12)20-16(18)19)14(17-3)15-10(2)7-8-21-15/h5-9,14,17H,4H2,1-3H3. The van der Waals surface area contributed by atoms with Gasteiger partial charge in [-0.3, -0.25) is 4.57 Å². The summed E-state index contributed by atoms with van der Waals surface area (Å²) in [5.41, 5.74) is 3.87. The summed E-state index contributed by atoms with van der Waals surface area (Å²) in [4.78, 5) is 13.1. The highest BCUT2D eigenvalue weighted by molar-refractivity contribution is 7.10. The van der Waals surface area contributed by atoms with Crippen LogP contribution in [-0.2, 0) is 6.54 Å². The number of thiophene rings is 1. The molecule has 1 atom stereocenters. The van der Waals surface area contributed by atoms with Crippen LogP contribution in [0, 0.1) is 6.92 Å². The highest BCUT2D eigenvalue weighted by Crippen LogP contribution is 2.30. The maximum absolute atomic E-state index is 11.8. The van der Waals surface area contributed by atoms with Gasteiger partial charge in [-0.2, -0.15) is 0 Å². The molecule has 1 aromatic carbocycles. The lowest BCUT2D eigenvalue weighted by Crippen LogP contribution is -2.17. The summed E-state index contributed by atoms with van der Waals surface area (Å²) in [5.74, 6) is -0.294. The quantitative estimate of drug-likeness (QED) is 0.804. The Labute approximate surface area is 127 Å². The van der Waals surface area contributed by atoms with Gasteiger partial charge in [0.15, 0.2) is 5.58 Å². The molecule has 21 heavy (non-hydrogen) atoms. The van der Waals surface area contributed by atoms with Gasteiger partial charge in [-0.15, -0.1) is 11.3 Å². The van der Waals surface area contributed by atoms with E-state index < -0.39 is 0 Å². The topological polar surface area (TPSA) is 47.2 Å². The van der Waals surface area contributed by atoms with Crippen LogP contribution in [0.25, 0.3) is 11.1 Å². The van der Waals surface area contributed by atoms with E-state index in [0.29, 0.717) is 12.1 Å². The molecule has 1 N–H and O–H groups in total. The Kier molecular flexibility index (Phi) is 3.69. The highest BCUT2D eigenvalue weighted by Gasteiger charge is 2.17. The van der Waals surface area contributed by atoms with Gasteiger partial charge < -0.3 is 9.73 Å². The Morgan fingerprint density at radius 2 is 2.19 bits per heavy atom. The van der Waals surface area contributed by atoms with Crippen molar-refractivity contribution in [2.75, 3.05) is 7.05 Å². The number of aryl methyl sites for hydroxylation is 2. The van der Waals surface area contributed by atoms with Gasteiger partial charge in [-0.1, -0.05) is 6.07 Å². The van der Waals surface area contributed by atoms with Gasteiger partial charge in [0.05, 0.1) is 11.6 Å². The van der Waals surface area contributed by atoms with Crippen molar-refractivity contribution in [2.24, 2.45) is 0 Å². The molecule has 3 rings (SSSR count). The first-order valence-electron chi connectivity index (χ1n) is 7.00. The molecule has 1 unspecified atom stereocenters.